The zero-order valence-corrected chi connectivity index (χ0v) is 23.8. The summed E-state index contributed by atoms with van der Waals surface area (Å²) in [5.41, 5.74) is 1.48. The summed E-state index contributed by atoms with van der Waals surface area (Å²) in [6, 6.07) is 5.12. The summed E-state index contributed by atoms with van der Waals surface area (Å²) in [6.07, 6.45) is 1.28. The topological polar surface area (TPSA) is 138 Å². The molecule has 0 spiro atoms. The third kappa shape index (κ3) is 8.62. The minimum Gasteiger partial charge on any atom is -0.495 e. The number of carbonyl (C=O) groups excluding carboxylic acids is 1. The highest BCUT2D eigenvalue weighted by Crippen LogP contribution is 2.37. The van der Waals surface area contributed by atoms with Crippen LogP contribution in [0, 0.1) is 12.8 Å². The smallest absolute Gasteiger partial charge is 0.490 e. The summed E-state index contributed by atoms with van der Waals surface area (Å²) in [7, 11) is -2.28. The number of nitrogens with one attached hydrogen (secondary N) is 2. The molecule has 0 radical (unpaired) electrons. The van der Waals surface area contributed by atoms with Crippen molar-refractivity contribution in [1.82, 2.24) is 14.6 Å². The number of alkyl halides is 3. The van der Waals surface area contributed by atoms with Gasteiger partial charge in [0, 0.05) is 19.0 Å². The van der Waals surface area contributed by atoms with E-state index in [0.29, 0.717) is 24.0 Å². The van der Waals surface area contributed by atoms with Crippen LogP contribution in [-0.4, -0.2) is 74.7 Å². The Morgan fingerprint density at radius 2 is 1.80 bits per heavy atom. The van der Waals surface area contributed by atoms with E-state index in [1.54, 1.807) is 12.1 Å². The molecule has 1 aromatic heterocycles. The number of carboxylic acids is 1. The zero-order chi connectivity index (χ0) is 29.5. The number of nitrogens with zero attached hydrogens (tertiary/aromatic N) is 2. The molecule has 3 N–H and O–H groups in total. The SMILES string of the molecule is COc1ccc(-c2sc(NC(=O)C3CCCC3)nc2C)cc1S(=O)(=O)NCCN1CCCC1.O=C(O)C(F)(F)F. The van der Waals surface area contributed by atoms with E-state index in [-0.39, 0.29) is 16.7 Å². The molecule has 222 valence electrons. The number of rotatable bonds is 9. The summed E-state index contributed by atoms with van der Waals surface area (Å²) in [6.45, 7) is 4.95. The second kappa shape index (κ2) is 13.7. The number of anilines is 1. The van der Waals surface area contributed by atoms with E-state index < -0.39 is 22.2 Å². The number of aliphatic carboxylic acids is 1. The Morgan fingerprint density at radius 1 is 1.18 bits per heavy atom. The summed E-state index contributed by atoms with van der Waals surface area (Å²) in [5.74, 6) is -2.38. The van der Waals surface area contributed by atoms with Crippen molar-refractivity contribution in [3.05, 3.63) is 23.9 Å². The van der Waals surface area contributed by atoms with E-state index >= 15 is 0 Å². The van der Waals surface area contributed by atoms with Crippen LogP contribution in [0.3, 0.4) is 0 Å². The van der Waals surface area contributed by atoms with Crippen LogP contribution in [0.25, 0.3) is 10.4 Å². The van der Waals surface area contributed by atoms with Crippen molar-refractivity contribution in [2.45, 2.75) is 56.5 Å². The molecule has 4 rings (SSSR count). The molecule has 15 heteroatoms. The van der Waals surface area contributed by atoms with Crippen molar-refractivity contribution < 1.29 is 41.0 Å². The number of aromatic nitrogens is 1. The number of aryl methyl sites for hydroxylation is 1. The van der Waals surface area contributed by atoms with Crippen molar-refractivity contribution >= 4 is 38.4 Å². The first-order valence-electron chi connectivity index (χ1n) is 12.8. The number of hydrogen-bond acceptors (Lipinski definition) is 8. The van der Waals surface area contributed by atoms with E-state index in [9.17, 15) is 26.4 Å². The molecule has 1 amide bonds. The number of thiazole rings is 1. The van der Waals surface area contributed by atoms with Crippen LogP contribution in [0.15, 0.2) is 23.1 Å². The second-order valence-electron chi connectivity index (χ2n) is 9.52. The van der Waals surface area contributed by atoms with Gasteiger partial charge in [0.05, 0.1) is 17.7 Å². The first kappa shape index (κ1) is 31.8. The van der Waals surface area contributed by atoms with E-state index in [4.69, 9.17) is 14.6 Å². The summed E-state index contributed by atoms with van der Waals surface area (Å²) < 4.78 is 65.9. The first-order chi connectivity index (χ1) is 18.8. The van der Waals surface area contributed by atoms with Gasteiger partial charge in [0.15, 0.2) is 5.13 Å². The van der Waals surface area contributed by atoms with Gasteiger partial charge in [-0.05, 0) is 69.5 Å². The average molecular weight is 607 g/mol. The molecule has 1 aliphatic carbocycles. The number of likely N-dealkylation sites (tertiary alicyclic amines) is 1. The average Bonchev–Trinajstić information content (AvgIpc) is 3.66. The van der Waals surface area contributed by atoms with E-state index in [1.807, 2.05) is 13.0 Å². The van der Waals surface area contributed by atoms with Crippen molar-refractivity contribution in [3.8, 4) is 16.2 Å². The molecular formula is C25H33F3N4O6S2. The molecule has 1 aliphatic heterocycles. The van der Waals surface area contributed by atoms with Gasteiger partial charge in [-0.25, -0.2) is 22.9 Å². The van der Waals surface area contributed by atoms with Gasteiger partial charge < -0.3 is 20.1 Å². The van der Waals surface area contributed by atoms with Crippen molar-refractivity contribution in [3.63, 3.8) is 0 Å². The van der Waals surface area contributed by atoms with Crippen molar-refractivity contribution in [2.24, 2.45) is 5.92 Å². The van der Waals surface area contributed by atoms with Gasteiger partial charge in [-0.1, -0.05) is 24.2 Å². The molecule has 40 heavy (non-hydrogen) atoms. The number of hydrogen-bond donors (Lipinski definition) is 3. The predicted octanol–water partition coefficient (Wildman–Crippen LogP) is 4.26. The highest BCUT2D eigenvalue weighted by atomic mass is 32.2. The second-order valence-corrected chi connectivity index (χ2v) is 12.3. The number of benzene rings is 1. The predicted molar refractivity (Wildman–Crippen MR) is 144 cm³/mol. The largest absolute Gasteiger partial charge is 0.495 e. The Balaban J connectivity index is 0.000000559. The third-order valence-corrected chi connectivity index (χ3v) is 9.23. The lowest BCUT2D eigenvalue weighted by Crippen LogP contribution is -2.33. The van der Waals surface area contributed by atoms with Gasteiger partial charge >= 0.3 is 12.1 Å². The maximum atomic E-state index is 13.1. The van der Waals surface area contributed by atoms with Gasteiger partial charge in [0.25, 0.3) is 0 Å². The normalized spacial score (nSPS) is 16.4. The van der Waals surface area contributed by atoms with Crippen molar-refractivity contribution in [2.75, 3.05) is 38.6 Å². The molecule has 1 aromatic carbocycles. The quantitative estimate of drug-likeness (QED) is 0.385. The van der Waals surface area contributed by atoms with Crippen LogP contribution in [0.4, 0.5) is 18.3 Å². The molecule has 2 aliphatic rings. The molecule has 0 atom stereocenters. The maximum Gasteiger partial charge on any atom is 0.490 e. The van der Waals surface area contributed by atoms with Crippen LogP contribution in [-0.2, 0) is 19.6 Å². The Hall–Kier alpha value is -2.75. The lowest BCUT2D eigenvalue weighted by Gasteiger charge is -2.16. The molecule has 2 heterocycles. The molecule has 2 fully saturated rings. The highest BCUT2D eigenvalue weighted by molar-refractivity contribution is 7.89. The molecule has 2 aromatic rings. The minimum atomic E-state index is -5.08. The van der Waals surface area contributed by atoms with Crippen LogP contribution in [0.5, 0.6) is 5.75 Å². The fraction of sp³-hybridized carbons (Fsp3) is 0.560. The fourth-order valence-corrected chi connectivity index (χ4v) is 6.74. The third-order valence-electron chi connectivity index (χ3n) is 6.63. The number of ether oxygens (including phenoxy) is 1. The maximum absolute atomic E-state index is 13.1. The number of carbonyl (C=O) groups is 2. The Morgan fingerprint density at radius 3 is 2.38 bits per heavy atom. The first-order valence-corrected chi connectivity index (χ1v) is 15.1. The van der Waals surface area contributed by atoms with Gasteiger partial charge in [0.1, 0.15) is 10.6 Å². The van der Waals surface area contributed by atoms with Crippen LogP contribution in [0.1, 0.15) is 44.2 Å². The zero-order valence-electron chi connectivity index (χ0n) is 22.2. The molecule has 10 nitrogen and oxygen atoms in total. The monoisotopic (exact) mass is 606 g/mol. The van der Waals surface area contributed by atoms with Gasteiger partial charge in [-0.3, -0.25) is 4.79 Å². The summed E-state index contributed by atoms with van der Waals surface area (Å²) in [4.78, 5) is 29.1. The van der Waals surface area contributed by atoms with Crippen LogP contribution in [0.2, 0.25) is 0 Å². The van der Waals surface area contributed by atoms with Gasteiger partial charge in [0.2, 0.25) is 15.9 Å². The van der Waals surface area contributed by atoms with Crippen LogP contribution >= 0.6 is 11.3 Å². The number of halogens is 3. The van der Waals surface area contributed by atoms with E-state index in [2.05, 4.69) is 19.9 Å². The molecule has 0 unspecified atom stereocenters. The van der Waals surface area contributed by atoms with Gasteiger partial charge in [-0.15, -0.1) is 0 Å². The number of amides is 1. The summed E-state index contributed by atoms with van der Waals surface area (Å²) >= 11 is 1.36. The Kier molecular flexibility index (Phi) is 10.9. The number of sulfonamides is 1. The molecule has 0 bridgehead atoms. The fourth-order valence-electron chi connectivity index (χ4n) is 4.56. The lowest BCUT2D eigenvalue weighted by atomic mass is 10.1. The molecule has 1 saturated heterocycles. The summed E-state index contributed by atoms with van der Waals surface area (Å²) in [5, 5.41) is 10.6. The van der Waals surface area contributed by atoms with Crippen LogP contribution < -0.4 is 14.8 Å². The standard InChI is InChI=1S/C23H32N4O4S2.C2HF3O2/c1-16-21(32-23(25-16)26-22(28)17-7-3-4-8-17)18-9-10-19(31-2)20(15-18)33(29,30)24-11-14-27-12-5-6-13-27;3-2(4,5)1(6)7/h9-10,15,17,24H,3-8,11-14H2,1-2H3,(H,25,26,28);(H,6,7). The molecule has 1 saturated carbocycles. The number of methoxy groups -OCH3 is 1. The van der Waals surface area contributed by atoms with Crippen molar-refractivity contribution in [1.29, 1.82) is 0 Å². The van der Waals surface area contributed by atoms with E-state index in [0.717, 1.165) is 54.9 Å². The van der Waals surface area contributed by atoms with E-state index in [1.165, 1.54) is 31.3 Å². The number of carboxylic acid groups (broad SMARTS) is 1. The highest BCUT2D eigenvalue weighted by Gasteiger charge is 2.38. The Bertz CT molecular complexity index is 1290. The van der Waals surface area contributed by atoms with Gasteiger partial charge in [-0.2, -0.15) is 13.2 Å². The minimum absolute atomic E-state index is 0.0213. The lowest BCUT2D eigenvalue weighted by molar-refractivity contribution is -0.192. The Labute approximate surface area is 235 Å². The molecular weight excluding hydrogens is 573 g/mol.